The molecule has 0 atom stereocenters. The predicted octanol–water partition coefficient (Wildman–Crippen LogP) is -7.62. The zero-order valence-corrected chi connectivity index (χ0v) is 10.2. The monoisotopic (exact) mass is 228 g/mol. The molecule has 12 heavy (non-hydrogen) atoms. The molecule has 0 amide bonds. The van der Waals surface area contributed by atoms with E-state index in [-0.39, 0.29) is 51.3 Å². The average molecular weight is 228 g/mol. The maximum absolute atomic E-state index is 8.88. The van der Waals surface area contributed by atoms with Gasteiger partial charge in [-0.3, -0.25) is 0 Å². The number of hydrogen-bond donors (Lipinski definition) is 6. The van der Waals surface area contributed by atoms with E-state index >= 15 is 0 Å². The van der Waals surface area contributed by atoms with Gasteiger partial charge in [0, 0.05) is 0 Å². The quantitative estimate of drug-likeness (QED) is 0.176. The third kappa shape index (κ3) is 419. The zero-order chi connectivity index (χ0) is 9.00. The van der Waals surface area contributed by atoms with Crippen LogP contribution in [-0.4, -0.2) is 29.4 Å². The van der Waals surface area contributed by atoms with E-state index in [0.717, 1.165) is 0 Å². The van der Waals surface area contributed by atoms with Gasteiger partial charge in [0.15, 0.2) is 0 Å². The minimum Gasteiger partial charge on any atom is -1.00 e. The third-order valence-electron chi connectivity index (χ3n) is 0. The van der Waals surface area contributed by atoms with Crippen molar-refractivity contribution in [3.8, 4) is 0 Å². The number of rotatable bonds is 0. The summed E-state index contributed by atoms with van der Waals surface area (Å²) in [6.45, 7) is 0. The van der Waals surface area contributed by atoms with Crippen molar-refractivity contribution in [3.05, 3.63) is 0 Å². The Morgan fingerprint density at radius 2 is 0.750 bits per heavy atom. The molecule has 0 spiro atoms. The Labute approximate surface area is 105 Å². The Bertz CT molecular complexity index is 138. The van der Waals surface area contributed by atoms with Gasteiger partial charge in [-0.15, -0.1) is 0 Å². The Hall–Kier alpha value is 1.82. The van der Waals surface area contributed by atoms with Gasteiger partial charge in [-0.25, -0.2) is 9.13 Å². The first-order valence-electron chi connectivity index (χ1n) is 1.57. The summed E-state index contributed by atoms with van der Waals surface area (Å²) in [6.07, 6.45) is 0. The summed E-state index contributed by atoms with van der Waals surface area (Å²) in [5.74, 6) is 0. The maximum Gasteiger partial charge on any atom is 1.00 e. The Kier molecular flexibility index (Phi) is 18.4. The molecule has 0 aliphatic carbocycles. The summed E-state index contributed by atoms with van der Waals surface area (Å²) in [5, 5.41) is 0. The first-order valence-corrected chi connectivity index (χ1v) is 4.70. The van der Waals surface area contributed by atoms with Gasteiger partial charge in [0.2, 0.25) is 0 Å². The molecule has 0 aliphatic rings. The van der Waals surface area contributed by atoms with Crippen LogP contribution in [0.5, 0.6) is 0 Å². The minimum absolute atomic E-state index is 0. The molecular weight excluding hydrogens is 220 g/mol. The molecule has 0 unspecified atom stereocenters. The Morgan fingerprint density at radius 1 is 0.750 bits per heavy atom. The normalized spacial score (nSPS) is 9.83. The van der Waals surface area contributed by atoms with Crippen LogP contribution in [0.4, 0.5) is 0 Å². The second-order valence-corrected chi connectivity index (χ2v) is 3.08. The second kappa shape index (κ2) is 9.38. The Balaban J connectivity index is -0.0000000178. The summed E-state index contributed by atoms with van der Waals surface area (Å²) in [4.78, 5) is 43.1. The largest absolute Gasteiger partial charge is 1.00 e. The molecular formula is H8LiNaO8P2. The molecule has 68 valence electrons. The zero-order valence-electron chi connectivity index (χ0n) is 8.39. The fourth-order valence-corrected chi connectivity index (χ4v) is 0. The van der Waals surface area contributed by atoms with E-state index in [0.29, 0.717) is 0 Å². The number of hydrogen-bond acceptors (Lipinski definition) is 2. The summed E-state index contributed by atoms with van der Waals surface area (Å²) >= 11 is 0. The maximum atomic E-state index is 8.88. The fourth-order valence-electron chi connectivity index (χ4n) is 0. The molecule has 8 nitrogen and oxygen atoms in total. The van der Waals surface area contributed by atoms with Gasteiger partial charge >= 0.3 is 64.1 Å². The van der Waals surface area contributed by atoms with Crippen LogP contribution in [0.2, 0.25) is 0 Å². The van der Waals surface area contributed by atoms with Crippen LogP contribution in [0.3, 0.4) is 0 Å². The van der Waals surface area contributed by atoms with Crippen molar-refractivity contribution in [3.63, 3.8) is 0 Å². The summed E-state index contributed by atoms with van der Waals surface area (Å²) in [7, 11) is -9.28. The van der Waals surface area contributed by atoms with E-state index in [1.165, 1.54) is 0 Å². The minimum atomic E-state index is -4.64. The first kappa shape index (κ1) is 23.6. The van der Waals surface area contributed by atoms with Crippen molar-refractivity contribution in [1.29, 1.82) is 0 Å². The molecule has 0 aromatic carbocycles. The summed E-state index contributed by atoms with van der Waals surface area (Å²) in [5.41, 5.74) is 0. The van der Waals surface area contributed by atoms with E-state index in [9.17, 15) is 0 Å². The molecule has 0 aromatic rings. The van der Waals surface area contributed by atoms with E-state index in [2.05, 4.69) is 0 Å². The van der Waals surface area contributed by atoms with E-state index in [1.54, 1.807) is 0 Å². The van der Waals surface area contributed by atoms with E-state index < -0.39 is 15.6 Å². The molecule has 0 fully saturated rings. The molecule has 0 radical (unpaired) electrons. The van der Waals surface area contributed by atoms with E-state index in [4.69, 9.17) is 38.5 Å². The van der Waals surface area contributed by atoms with Crippen LogP contribution in [0, 0.1) is 0 Å². The summed E-state index contributed by atoms with van der Waals surface area (Å²) < 4.78 is 17.8. The first-order chi connectivity index (χ1) is 4.00. The van der Waals surface area contributed by atoms with Crippen molar-refractivity contribution in [1.82, 2.24) is 0 Å². The SMILES string of the molecule is O=P(O)(O)O.O=P(O)(O)O.[H-].[H-].[Li+].[Na+]. The van der Waals surface area contributed by atoms with Crippen LogP contribution in [-0.2, 0) is 9.13 Å². The van der Waals surface area contributed by atoms with Gasteiger partial charge in [0.05, 0.1) is 0 Å². The van der Waals surface area contributed by atoms with Crippen LogP contribution < -0.4 is 48.4 Å². The van der Waals surface area contributed by atoms with Crippen LogP contribution in [0.25, 0.3) is 0 Å². The van der Waals surface area contributed by atoms with Gasteiger partial charge < -0.3 is 32.2 Å². The molecule has 0 heterocycles. The smallest absolute Gasteiger partial charge is 1.00 e. The van der Waals surface area contributed by atoms with Gasteiger partial charge in [-0.2, -0.15) is 0 Å². The Morgan fingerprint density at radius 3 is 0.750 bits per heavy atom. The average Bonchev–Trinajstić information content (AvgIpc) is 1.12. The van der Waals surface area contributed by atoms with Gasteiger partial charge in [0.1, 0.15) is 0 Å². The second-order valence-electron chi connectivity index (χ2n) is 1.03. The molecule has 0 aliphatic heterocycles. The molecule has 12 heteroatoms. The predicted molar refractivity (Wildman–Crippen MR) is 30.7 cm³/mol. The van der Waals surface area contributed by atoms with Gasteiger partial charge in [-0.05, 0) is 0 Å². The molecule has 6 N–H and O–H groups in total. The topological polar surface area (TPSA) is 156 Å². The molecule has 0 aromatic heterocycles. The fraction of sp³-hybridized carbons (Fsp3) is 0. The van der Waals surface area contributed by atoms with Crippen LogP contribution in [0.15, 0.2) is 0 Å². The molecule has 0 bridgehead atoms. The third-order valence-corrected chi connectivity index (χ3v) is 0. The number of phosphoric acid groups is 2. The van der Waals surface area contributed by atoms with Crippen molar-refractivity contribution >= 4 is 15.6 Å². The van der Waals surface area contributed by atoms with E-state index in [1.807, 2.05) is 0 Å². The van der Waals surface area contributed by atoms with Gasteiger partial charge in [-0.1, -0.05) is 0 Å². The van der Waals surface area contributed by atoms with Crippen LogP contribution in [0.1, 0.15) is 2.85 Å². The van der Waals surface area contributed by atoms with Crippen molar-refractivity contribution < 1.29 is 89.8 Å². The summed E-state index contributed by atoms with van der Waals surface area (Å²) in [6, 6.07) is 0. The van der Waals surface area contributed by atoms with Gasteiger partial charge in [0.25, 0.3) is 0 Å². The van der Waals surface area contributed by atoms with Crippen molar-refractivity contribution in [2.45, 2.75) is 0 Å². The van der Waals surface area contributed by atoms with Crippen molar-refractivity contribution in [2.75, 3.05) is 0 Å². The van der Waals surface area contributed by atoms with Crippen molar-refractivity contribution in [2.24, 2.45) is 0 Å². The van der Waals surface area contributed by atoms with Crippen LogP contribution >= 0.6 is 15.6 Å². The standard InChI is InChI=1S/Li.Na.2H3O4P.2H/c;;2*1-5(2,3)4;;/h;;2*(H3,1,2,3,4);;/q2*+1;;;2*-1. The molecule has 0 saturated carbocycles. The molecule has 0 rings (SSSR count). The molecule has 0 saturated heterocycles.